The van der Waals surface area contributed by atoms with E-state index in [1.807, 2.05) is 12.1 Å². The molecule has 0 saturated heterocycles. The number of rotatable bonds is 2. The third-order valence-electron chi connectivity index (χ3n) is 1.85. The van der Waals surface area contributed by atoms with Crippen LogP contribution in [0.4, 0.5) is 5.69 Å². The van der Waals surface area contributed by atoms with Crippen LogP contribution in [0.1, 0.15) is 25.3 Å². The highest BCUT2D eigenvalue weighted by atomic mass is 79.9. The summed E-state index contributed by atoms with van der Waals surface area (Å²) in [6, 6.07) is 3.94. The van der Waals surface area contributed by atoms with Crippen LogP contribution in [0.15, 0.2) is 26.2 Å². The average Bonchev–Trinajstić information content (AvgIpc) is 2.10. The molecule has 0 heterocycles. The molecule has 0 saturated carbocycles. The van der Waals surface area contributed by atoms with Crippen molar-refractivity contribution in [2.24, 2.45) is 5.11 Å². The Balaban J connectivity index is 3.31. The van der Waals surface area contributed by atoms with Gasteiger partial charge in [-0.15, -0.1) is 0 Å². The molecule has 5 heteroatoms. The fourth-order valence-corrected chi connectivity index (χ4v) is 2.44. The molecule has 0 N–H and O–H groups in total. The smallest absolute Gasteiger partial charge is 0.0587 e. The fraction of sp³-hybridized carbons (Fsp3) is 0.333. The van der Waals surface area contributed by atoms with Crippen LogP contribution in [-0.2, 0) is 0 Å². The van der Waals surface area contributed by atoms with E-state index in [9.17, 15) is 0 Å². The van der Waals surface area contributed by atoms with E-state index in [4.69, 9.17) is 5.53 Å². The number of benzene rings is 1. The highest BCUT2D eigenvalue weighted by molar-refractivity contribution is 9.11. The minimum absolute atomic E-state index is 0.447. The first-order valence-corrected chi connectivity index (χ1v) is 5.69. The molecule has 1 rings (SSSR count). The van der Waals surface area contributed by atoms with Gasteiger partial charge < -0.3 is 0 Å². The lowest BCUT2D eigenvalue weighted by Gasteiger charge is -2.09. The molecule has 14 heavy (non-hydrogen) atoms. The zero-order valence-corrected chi connectivity index (χ0v) is 11.0. The molecular formula is C9H9Br2N3. The second kappa shape index (κ2) is 4.82. The molecule has 0 fully saturated rings. The maximum atomic E-state index is 8.36. The molecule has 74 valence electrons. The molecule has 0 atom stereocenters. The molecule has 1 aromatic carbocycles. The van der Waals surface area contributed by atoms with Crippen LogP contribution < -0.4 is 0 Å². The van der Waals surface area contributed by atoms with Gasteiger partial charge in [-0.05, 0) is 29.1 Å². The Morgan fingerprint density at radius 1 is 1.29 bits per heavy atom. The van der Waals surface area contributed by atoms with Gasteiger partial charge in [0.25, 0.3) is 0 Å². The Labute approximate surface area is 99.4 Å². The third kappa shape index (κ3) is 2.50. The third-order valence-corrected chi connectivity index (χ3v) is 3.06. The van der Waals surface area contributed by atoms with Crippen molar-refractivity contribution in [1.82, 2.24) is 0 Å². The lowest BCUT2D eigenvalue weighted by Crippen LogP contribution is -1.87. The summed E-state index contributed by atoms with van der Waals surface area (Å²) in [4.78, 5) is 2.77. The summed E-state index contributed by atoms with van der Waals surface area (Å²) in [5.41, 5.74) is 10.2. The maximum absolute atomic E-state index is 8.36. The van der Waals surface area contributed by atoms with Crippen LogP contribution in [-0.4, -0.2) is 0 Å². The molecule has 0 aliphatic carbocycles. The van der Waals surface area contributed by atoms with Crippen LogP contribution in [0, 0.1) is 0 Å². The highest BCUT2D eigenvalue weighted by Crippen LogP contribution is 2.36. The summed E-state index contributed by atoms with van der Waals surface area (Å²) >= 11 is 6.74. The number of hydrogen-bond acceptors (Lipinski definition) is 1. The highest BCUT2D eigenvalue weighted by Gasteiger charge is 2.07. The lowest BCUT2D eigenvalue weighted by atomic mass is 10.0. The first kappa shape index (κ1) is 11.6. The van der Waals surface area contributed by atoms with E-state index in [2.05, 4.69) is 55.7 Å². The summed E-state index contributed by atoms with van der Waals surface area (Å²) in [5, 5.41) is 3.59. The number of halogens is 2. The second-order valence-electron chi connectivity index (χ2n) is 3.18. The number of hydrogen-bond donors (Lipinski definition) is 0. The van der Waals surface area contributed by atoms with E-state index < -0.39 is 0 Å². The molecule has 0 radical (unpaired) electrons. The Hall–Kier alpha value is -0.510. The first-order chi connectivity index (χ1) is 6.56. The Morgan fingerprint density at radius 2 is 1.79 bits per heavy atom. The standard InChI is InChI=1S/C9H9Br2N3/c1-5(2)6-3-7(10)9(13-14-12)8(11)4-6/h3-5H,1-2H3. The molecule has 0 aromatic heterocycles. The van der Waals surface area contributed by atoms with E-state index in [1.54, 1.807) is 0 Å². The number of nitrogens with zero attached hydrogens (tertiary/aromatic N) is 3. The van der Waals surface area contributed by atoms with Crippen LogP contribution in [0.25, 0.3) is 10.4 Å². The van der Waals surface area contributed by atoms with Crippen molar-refractivity contribution < 1.29 is 0 Å². The molecule has 0 aliphatic heterocycles. The van der Waals surface area contributed by atoms with Crippen LogP contribution >= 0.6 is 31.9 Å². The van der Waals surface area contributed by atoms with Gasteiger partial charge in [0.2, 0.25) is 0 Å². The monoisotopic (exact) mass is 317 g/mol. The molecule has 0 unspecified atom stereocenters. The van der Waals surface area contributed by atoms with E-state index in [0.717, 1.165) is 8.95 Å². The van der Waals surface area contributed by atoms with Crippen molar-refractivity contribution in [3.05, 3.63) is 37.1 Å². The quantitative estimate of drug-likeness (QED) is 0.405. The number of azide groups is 1. The summed E-state index contributed by atoms with van der Waals surface area (Å²) in [6.45, 7) is 4.23. The summed E-state index contributed by atoms with van der Waals surface area (Å²) in [7, 11) is 0. The van der Waals surface area contributed by atoms with E-state index >= 15 is 0 Å². The Kier molecular flexibility index (Phi) is 3.98. The topological polar surface area (TPSA) is 48.8 Å². The van der Waals surface area contributed by atoms with Crippen molar-refractivity contribution in [1.29, 1.82) is 0 Å². The maximum Gasteiger partial charge on any atom is 0.0659 e. The summed E-state index contributed by atoms with van der Waals surface area (Å²) in [5.74, 6) is 0.447. The fourth-order valence-electron chi connectivity index (χ4n) is 1.06. The molecule has 0 spiro atoms. The largest absolute Gasteiger partial charge is 0.0659 e. The van der Waals surface area contributed by atoms with E-state index in [-0.39, 0.29) is 0 Å². The van der Waals surface area contributed by atoms with Crippen molar-refractivity contribution in [3.8, 4) is 0 Å². The van der Waals surface area contributed by atoms with Crippen LogP contribution in [0.2, 0.25) is 0 Å². The molecule has 0 aliphatic rings. The van der Waals surface area contributed by atoms with Gasteiger partial charge >= 0.3 is 0 Å². The molecule has 0 bridgehead atoms. The molecule has 0 amide bonds. The van der Waals surface area contributed by atoms with Gasteiger partial charge in [-0.3, -0.25) is 0 Å². The van der Waals surface area contributed by atoms with Gasteiger partial charge in [0.1, 0.15) is 0 Å². The predicted molar refractivity (Wildman–Crippen MR) is 64.7 cm³/mol. The van der Waals surface area contributed by atoms with Gasteiger partial charge in [-0.1, -0.05) is 50.8 Å². The zero-order chi connectivity index (χ0) is 10.7. The predicted octanol–water partition coefficient (Wildman–Crippen LogP) is 5.28. The minimum atomic E-state index is 0.447. The molecule has 3 nitrogen and oxygen atoms in total. The lowest BCUT2D eigenvalue weighted by molar-refractivity contribution is 0.864. The van der Waals surface area contributed by atoms with Crippen molar-refractivity contribution in [2.45, 2.75) is 19.8 Å². The van der Waals surface area contributed by atoms with Crippen molar-refractivity contribution in [2.75, 3.05) is 0 Å². The van der Waals surface area contributed by atoms with Gasteiger partial charge in [0.05, 0.1) is 5.69 Å². The van der Waals surface area contributed by atoms with Gasteiger partial charge in [0.15, 0.2) is 0 Å². The van der Waals surface area contributed by atoms with Crippen LogP contribution in [0.3, 0.4) is 0 Å². The van der Waals surface area contributed by atoms with E-state index in [1.165, 1.54) is 5.56 Å². The van der Waals surface area contributed by atoms with Crippen molar-refractivity contribution in [3.63, 3.8) is 0 Å². The average molecular weight is 319 g/mol. The Bertz CT molecular complexity index is 372. The molecule has 1 aromatic rings. The van der Waals surface area contributed by atoms with Gasteiger partial charge in [-0.25, -0.2) is 0 Å². The van der Waals surface area contributed by atoms with Crippen LogP contribution in [0.5, 0.6) is 0 Å². The minimum Gasteiger partial charge on any atom is -0.0587 e. The summed E-state index contributed by atoms with van der Waals surface area (Å²) < 4.78 is 1.63. The van der Waals surface area contributed by atoms with Crippen molar-refractivity contribution >= 4 is 37.5 Å². The Morgan fingerprint density at radius 3 is 2.14 bits per heavy atom. The second-order valence-corrected chi connectivity index (χ2v) is 4.89. The van der Waals surface area contributed by atoms with Gasteiger partial charge in [-0.2, -0.15) is 0 Å². The van der Waals surface area contributed by atoms with E-state index in [0.29, 0.717) is 11.6 Å². The first-order valence-electron chi connectivity index (χ1n) is 4.10. The zero-order valence-electron chi connectivity index (χ0n) is 7.83. The normalized spacial score (nSPS) is 10.1. The molecular weight excluding hydrogens is 310 g/mol. The van der Waals surface area contributed by atoms with Gasteiger partial charge in [0, 0.05) is 13.9 Å². The SMILES string of the molecule is CC(C)c1cc(Br)c(N=[N+]=[N-])c(Br)c1. The summed E-state index contributed by atoms with van der Waals surface area (Å²) in [6.07, 6.45) is 0.